The molecule has 0 atom stereocenters. The van der Waals surface area contributed by atoms with Gasteiger partial charge >= 0.3 is 5.97 Å². The molecular weight excluding hydrogens is 385 g/mol. The maximum atomic E-state index is 12.9. The number of sulfonamides is 1. The average Bonchev–Trinajstić information content (AvgIpc) is 2.58. The van der Waals surface area contributed by atoms with Crippen molar-refractivity contribution in [3.05, 3.63) is 58.1 Å². The first-order valence-electron chi connectivity index (χ1n) is 7.56. The summed E-state index contributed by atoms with van der Waals surface area (Å²) in [5.74, 6) is -0.460. The zero-order chi connectivity index (χ0) is 18.6. The molecule has 2 aromatic rings. The maximum Gasteiger partial charge on any atom is 0.338 e. The van der Waals surface area contributed by atoms with Gasteiger partial charge in [-0.2, -0.15) is 0 Å². The third-order valence-corrected chi connectivity index (χ3v) is 6.03. The van der Waals surface area contributed by atoms with Gasteiger partial charge in [0.1, 0.15) is 4.90 Å². The van der Waals surface area contributed by atoms with Crippen molar-refractivity contribution >= 4 is 44.9 Å². The molecule has 0 aliphatic carbocycles. The van der Waals surface area contributed by atoms with Crippen LogP contribution in [0, 0.1) is 0 Å². The molecule has 0 saturated carbocycles. The Morgan fingerprint density at radius 2 is 1.72 bits per heavy atom. The van der Waals surface area contributed by atoms with Crippen LogP contribution >= 0.6 is 23.2 Å². The molecule has 0 amide bonds. The molecule has 0 spiro atoms. The SMILES string of the molecule is CCOC(=O)c1ccc(N(CC)S(=O)(=O)c2cc(Cl)ccc2Cl)cc1. The zero-order valence-corrected chi connectivity index (χ0v) is 16.0. The number of rotatable bonds is 6. The van der Waals surface area contributed by atoms with Gasteiger partial charge in [-0.1, -0.05) is 23.2 Å². The van der Waals surface area contributed by atoms with Gasteiger partial charge in [0, 0.05) is 11.6 Å². The Bertz CT molecular complexity index is 867. The number of halogens is 2. The van der Waals surface area contributed by atoms with E-state index >= 15 is 0 Å². The number of benzene rings is 2. The van der Waals surface area contributed by atoms with Crippen LogP contribution in [-0.2, 0) is 14.8 Å². The molecular formula is C17H17Cl2NO4S. The lowest BCUT2D eigenvalue weighted by atomic mass is 10.2. The summed E-state index contributed by atoms with van der Waals surface area (Å²) in [6.07, 6.45) is 0. The van der Waals surface area contributed by atoms with Crippen molar-refractivity contribution in [3.63, 3.8) is 0 Å². The van der Waals surface area contributed by atoms with Crippen LogP contribution in [0.25, 0.3) is 0 Å². The molecule has 0 fully saturated rings. The second kappa shape index (κ2) is 8.08. The van der Waals surface area contributed by atoms with Gasteiger partial charge in [0.15, 0.2) is 0 Å². The first kappa shape index (κ1) is 19.6. The molecule has 0 bridgehead atoms. The Morgan fingerprint density at radius 1 is 1.08 bits per heavy atom. The molecule has 2 rings (SSSR count). The molecule has 25 heavy (non-hydrogen) atoms. The third-order valence-electron chi connectivity index (χ3n) is 3.41. The van der Waals surface area contributed by atoms with Crippen LogP contribution < -0.4 is 4.31 Å². The molecule has 0 heterocycles. The predicted molar refractivity (Wildman–Crippen MR) is 99.1 cm³/mol. The molecule has 134 valence electrons. The normalized spacial score (nSPS) is 11.2. The van der Waals surface area contributed by atoms with Gasteiger partial charge in [-0.3, -0.25) is 4.31 Å². The van der Waals surface area contributed by atoms with E-state index in [1.807, 2.05) is 0 Å². The summed E-state index contributed by atoms with van der Waals surface area (Å²) < 4.78 is 32.0. The molecule has 0 aliphatic rings. The van der Waals surface area contributed by atoms with Crippen molar-refractivity contribution in [2.45, 2.75) is 18.7 Å². The van der Waals surface area contributed by atoms with E-state index in [1.54, 1.807) is 26.0 Å². The number of hydrogen-bond acceptors (Lipinski definition) is 4. The average molecular weight is 402 g/mol. The van der Waals surface area contributed by atoms with Crippen LogP contribution in [0.1, 0.15) is 24.2 Å². The monoisotopic (exact) mass is 401 g/mol. The van der Waals surface area contributed by atoms with Gasteiger partial charge in [0.05, 0.1) is 22.9 Å². The highest BCUT2D eigenvalue weighted by Crippen LogP contribution is 2.30. The van der Waals surface area contributed by atoms with Gasteiger partial charge in [0.2, 0.25) is 0 Å². The minimum atomic E-state index is -3.90. The van der Waals surface area contributed by atoms with Gasteiger partial charge in [-0.25, -0.2) is 13.2 Å². The molecule has 0 N–H and O–H groups in total. The summed E-state index contributed by atoms with van der Waals surface area (Å²) in [7, 11) is -3.90. The van der Waals surface area contributed by atoms with E-state index in [2.05, 4.69) is 0 Å². The Balaban J connectivity index is 2.41. The smallest absolute Gasteiger partial charge is 0.338 e. The van der Waals surface area contributed by atoms with Crippen LogP contribution in [-0.4, -0.2) is 27.5 Å². The lowest BCUT2D eigenvalue weighted by molar-refractivity contribution is 0.0526. The lowest BCUT2D eigenvalue weighted by Crippen LogP contribution is -2.31. The largest absolute Gasteiger partial charge is 0.462 e. The number of carbonyl (C=O) groups excluding carboxylic acids is 1. The van der Waals surface area contributed by atoms with E-state index in [-0.39, 0.29) is 28.1 Å². The fourth-order valence-corrected chi connectivity index (χ4v) is 4.48. The Kier molecular flexibility index (Phi) is 6.32. The van der Waals surface area contributed by atoms with E-state index in [0.29, 0.717) is 11.3 Å². The zero-order valence-electron chi connectivity index (χ0n) is 13.7. The van der Waals surface area contributed by atoms with E-state index in [4.69, 9.17) is 27.9 Å². The molecule has 0 radical (unpaired) electrons. The van der Waals surface area contributed by atoms with Crippen LogP contribution in [0.2, 0.25) is 10.0 Å². The lowest BCUT2D eigenvalue weighted by Gasteiger charge is -2.23. The topological polar surface area (TPSA) is 63.7 Å². The second-order valence-corrected chi connectivity index (χ2v) is 7.69. The number of anilines is 1. The summed E-state index contributed by atoms with van der Waals surface area (Å²) in [4.78, 5) is 11.6. The molecule has 2 aromatic carbocycles. The summed E-state index contributed by atoms with van der Waals surface area (Å²) in [6.45, 7) is 3.87. The van der Waals surface area contributed by atoms with Crippen molar-refractivity contribution in [3.8, 4) is 0 Å². The van der Waals surface area contributed by atoms with Crippen LogP contribution in [0.4, 0.5) is 5.69 Å². The molecule has 0 unspecified atom stereocenters. The Hall–Kier alpha value is -1.76. The molecule has 0 saturated heterocycles. The van der Waals surface area contributed by atoms with Crippen molar-refractivity contribution in [2.24, 2.45) is 0 Å². The number of carbonyl (C=O) groups is 1. The number of nitrogens with zero attached hydrogens (tertiary/aromatic N) is 1. The maximum absolute atomic E-state index is 12.9. The summed E-state index contributed by atoms with van der Waals surface area (Å²) in [6, 6.07) is 10.4. The summed E-state index contributed by atoms with van der Waals surface area (Å²) in [5.41, 5.74) is 0.756. The third kappa shape index (κ3) is 4.26. The van der Waals surface area contributed by atoms with E-state index < -0.39 is 16.0 Å². The fraction of sp³-hybridized carbons (Fsp3) is 0.235. The molecule has 5 nitrogen and oxygen atoms in total. The minimum Gasteiger partial charge on any atom is -0.462 e. The van der Waals surface area contributed by atoms with Gasteiger partial charge in [0.25, 0.3) is 10.0 Å². The quantitative estimate of drug-likeness (QED) is 0.673. The minimum absolute atomic E-state index is 0.0713. The molecule has 0 aliphatic heterocycles. The van der Waals surface area contributed by atoms with Crippen molar-refractivity contribution in [1.82, 2.24) is 0 Å². The van der Waals surface area contributed by atoms with Crippen LogP contribution in [0.5, 0.6) is 0 Å². The second-order valence-electron chi connectivity index (χ2n) is 5.01. The summed E-state index contributed by atoms with van der Waals surface area (Å²) in [5, 5.41) is 0.364. The number of hydrogen-bond donors (Lipinski definition) is 0. The van der Waals surface area contributed by atoms with E-state index in [0.717, 1.165) is 0 Å². The predicted octanol–water partition coefficient (Wildman–Crippen LogP) is 4.39. The standard InChI is InChI=1S/C17H17Cl2NO4S/c1-3-20(14-8-5-12(6-9-14)17(21)24-4-2)25(22,23)16-11-13(18)7-10-15(16)19/h5-11H,3-4H2,1-2H3. The highest BCUT2D eigenvalue weighted by molar-refractivity contribution is 7.93. The highest BCUT2D eigenvalue weighted by atomic mass is 35.5. The highest BCUT2D eigenvalue weighted by Gasteiger charge is 2.26. The molecule has 8 heteroatoms. The Labute approximate surface area is 157 Å². The van der Waals surface area contributed by atoms with Crippen molar-refractivity contribution in [2.75, 3.05) is 17.5 Å². The number of ether oxygens (including phenoxy) is 1. The van der Waals surface area contributed by atoms with Gasteiger partial charge < -0.3 is 4.74 Å². The first-order valence-corrected chi connectivity index (χ1v) is 9.75. The first-order chi connectivity index (χ1) is 11.8. The number of esters is 1. The van der Waals surface area contributed by atoms with Gasteiger partial charge in [-0.05, 0) is 56.3 Å². The van der Waals surface area contributed by atoms with Crippen LogP contribution in [0.15, 0.2) is 47.4 Å². The van der Waals surface area contributed by atoms with E-state index in [1.165, 1.54) is 34.6 Å². The Morgan fingerprint density at radius 3 is 2.28 bits per heavy atom. The molecule has 0 aromatic heterocycles. The van der Waals surface area contributed by atoms with Crippen molar-refractivity contribution in [1.29, 1.82) is 0 Å². The van der Waals surface area contributed by atoms with Crippen LogP contribution in [0.3, 0.4) is 0 Å². The summed E-state index contributed by atoms with van der Waals surface area (Å²) >= 11 is 12.0. The van der Waals surface area contributed by atoms with E-state index in [9.17, 15) is 13.2 Å². The van der Waals surface area contributed by atoms with Gasteiger partial charge in [-0.15, -0.1) is 0 Å². The van der Waals surface area contributed by atoms with Crippen molar-refractivity contribution < 1.29 is 17.9 Å². The fourth-order valence-electron chi connectivity index (χ4n) is 2.26.